The number of benzene rings is 3. The average molecular weight is 493 g/mol. The molecule has 1 fully saturated rings. The third kappa shape index (κ3) is 4.35. The number of anilines is 1. The second kappa shape index (κ2) is 9.54. The number of aryl methyl sites for hydroxylation is 1. The van der Waals surface area contributed by atoms with E-state index in [-0.39, 0.29) is 18.7 Å². The van der Waals surface area contributed by atoms with Crippen LogP contribution in [0.25, 0.3) is 27.9 Å². The van der Waals surface area contributed by atoms with Crippen molar-refractivity contribution >= 4 is 28.6 Å². The highest BCUT2D eigenvalue weighted by atomic mass is 16.6. The smallest absolute Gasteiger partial charge is 0.410 e. The van der Waals surface area contributed by atoms with Gasteiger partial charge < -0.3 is 14.5 Å². The topological polar surface area (TPSA) is 75.9 Å². The van der Waals surface area contributed by atoms with Gasteiger partial charge in [0.05, 0.1) is 5.52 Å². The van der Waals surface area contributed by atoms with Gasteiger partial charge in [0.1, 0.15) is 6.61 Å². The van der Waals surface area contributed by atoms with Gasteiger partial charge in [-0.3, -0.25) is 0 Å². The Morgan fingerprint density at radius 1 is 0.946 bits per heavy atom. The molecule has 0 spiro atoms. The van der Waals surface area contributed by atoms with Crippen LogP contribution in [-0.2, 0) is 11.3 Å². The van der Waals surface area contributed by atoms with Crippen LogP contribution in [0.1, 0.15) is 18.1 Å². The first-order valence-corrected chi connectivity index (χ1v) is 12.5. The number of amides is 1. The van der Waals surface area contributed by atoms with E-state index in [0.29, 0.717) is 19.6 Å². The van der Waals surface area contributed by atoms with Crippen LogP contribution in [0.2, 0.25) is 0 Å². The number of para-hydroxylation sites is 1. The van der Waals surface area contributed by atoms with Gasteiger partial charge in [-0.1, -0.05) is 72.3 Å². The van der Waals surface area contributed by atoms with Crippen molar-refractivity contribution in [2.75, 3.05) is 24.5 Å². The quantitative estimate of drug-likeness (QED) is 0.347. The summed E-state index contributed by atoms with van der Waals surface area (Å²) in [5.74, 6) is 1.53. The molecule has 1 saturated heterocycles. The summed E-state index contributed by atoms with van der Waals surface area (Å²) in [5, 5.41) is 10.1. The fourth-order valence-corrected chi connectivity index (χ4v) is 4.88. The predicted octanol–water partition coefficient (Wildman–Crippen LogP) is 5.10. The van der Waals surface area contributed by atoms with Gasteiger partial charge in [0.2, 0.25) is 5.95 Å². The molecule has 5 aromatic rings. The number of piperazine rings is 1. The Morgan fingerprint density at radius 3 is 2.49 bits per heavy atom. The van der Waals surface area contributed by atoms with Crippen molar-refractivity contribution in [2.24, 2.45) is 0 Å². The first kappa shape index (κ1) is 23.0. The Bertz CT molecular complexity index is 1560. The zero-order valence-electron chi connectivity index (χ0n) is 20.9. The van der Waals surface area contributed by atoms with Gasteiger partial charge in [0.25, 0.3) is 0 Å². The molecule has 0 N–H and O–H groups in total. The Kier molecular flexibility index (Phi) is 5.92. The van der Waals surface area contributed by atoms with Gasteiger partial charge in [0.15, 0.2) is 11.5 Å². The molecule has 2 aromatic heterocycles. The predicted molar refractivity (Wildman–Crippen MR) is 143 cm³/mol. The lowest BCUT2D eigenvalue weighted by molar-refractivity contribution is 0.0793. The molecular formula is C29H28N6O2. The highest BCUT2D eigenvalue weighted by Crippen LogP contribution is 2.29. The molecule has 8 heteroatoms. The molecule has 8 nitrogen and oxygen atoms in total. The minimum Gasteiger partial charge on any atom is -0.445 e. The zero-order valence-corrected chi connectivity index (χ0v) is 20.9. The Morgan fingerprint density at radius 2 is 1.70 bits per heavy atom. The maximum atomic E-state index is 12.9. The second-order valence-electron chi connectivity index (χ2n) is 9.51. The van der Waals surface area contributed by atoms with E-state index >= 15 is 0 Å². The summed E-state index contributed by atoms with van der Waals surface area (Å²) in [6, 6.07) is 26.0. The SMILES string of the molecule is Cc1ccc(-c2nnc3c4ccccc4nc(N4CCN(C(=O)OCc5ccccc5)[C@H](C)C4)n23)cc1. The van der Waals surface area contributed by atoms with Crippen LogP contribution in [-0.4, -0.2) is 56.3 Å². The molecule has 0 aliphatic carbocycles. The lowest BCUT2D eigenvalue weighted by Crippen LogP contribution is -2.54. The standard InChI is InChI=1S/C29H28N6O2/c1-20-12-14-23(15-13-20)26-31-32-27-24-10-6-7-11-25(24)30-28(35(26)27)33-16-17-34(21(2)18-33)29(36)37-19-22-8-4-3-5-9-22/h3-15,21H,16-19H2,1-2H3/t21-/m1/s1. The number of fused-ring (bicyclic) bond motifs is 3. The average Bonchev–Trinajstić information content (AvgIpc) is 3.38. The summed E-state index contributed by atoms with van der Waals surface area (Å²) in [6.45, 7) is 6.15. The van der Waals surface area contributed by atoms with Gasteiger partial charge in [0, 0.05) is 36.6 Å². The molecule has 0 bridgehead atoms. The minimum absolute atomic E-state index is 0.0559. The zero-order chi connectivity index (χ0) is 25.4. The number of ether oxygens (including phenoxy) is 1. The number of hydrogen-bond donors (Lipinski definition) is 0. The van der Waals surface area contributed by atoms with Crippen LogP contribution in [0.4, 0.5) is 10.7 Å². The van der Waals surface area contributed by atoms with Crippen molar-refractivity contribution in [1.82, 2.24) is 24.5 Å². The fourth-order valence-electron chi connectivity index (χ4n) is 4.88. The van der Waals surface area contributed by atoms with E-state index in [9.17, 15) is 4.79 Å². The first-order valence-electron chi connectivity index (χ1n) is 12.5. The molecule has 0 radical (unpaired) electrons. The molecule has 6 rings (SSSR count). The van der Waals surface area contributed by atoms with Gasteiger partial charge in [-0.2, -0.15) is 0 Å². The molecule has 1 aliphatic rings. The normalized spacial score (nSPS) is 15.9. The second-order valence-corrected chi connectivity index (χ2v) is 9.51. The van der Waals surface area contributed by atoms with E-state index in [0.717, 1.165) is 39.4 Å². The van der Waals surface area contributed by atoms with Crippen molar-refractivity contribution in [3.63, 3.8) is 0 Å². The largest absolute Gasteiger partial charge is 0.445 e. The number of rotatable bonds is 4. The van der Waals surface area contributed by atoms with Crippen LogP contribution in [0.5, 0.6) is 0 Å². The minimum atomic E-state index is -0.294. The number of aromatic nitrogens is 4. The summed E-state index contributed by atoms with van der Waals surface area (Å²) < 4.78 is 7.65. The number of hydrogen-bond acceptors (Lipinski definition) is 6. The molecule has 3 heterocycles. The molecular weight excluding hydrogens is 464 g/mol. The number of nitrogens with zero attached hydrogens (tertiary/aromatic N) is 6. The van der Waals surface area contributed by atoms with Crippen molar-refractivity contribution in [3.05, 3.63) is 90.0 Å². The Labute approximate surface area is 215 Å². The molecule has 1 aliphatic heterocycles. The highest BCUT2D eigenvalue weighted by Gasteiger charge is 2.31. The van der Waals surface area contributed by atoms with Crippen LogP contribution >= 0.6 is 0 Å². The highest BCUT2D eigenvalue weighted by molar-refractivity contribution is 5.93. The van der Waals surface area contributed by atoms with E-state index < -0.39 is 0 Å². The molecule has 0 unspecified atom stereocenters. The summed E-state index contributed by atoms with van der Waals surface area (Å²) in [6.07, 6.45) is -0.294. The lowest BCUT2D eigenvalue weighted by atomic mass is 10.1. The molecule has 37 heavy (non-hydrogen) atoms. The van der Waals surface area contributed by atoms with Crippen molar-refractivity contribution in [2.45, 2.75) is 26.5 Å². The van der Waals surface area contributed by atoms with E-state index in [4.69, 9.17) is 9.72 Å². The van der Waals surface area contributed by atoms with Crippen LogP contribution in [0, 0.1) is 6.92 Å². The van der Waals surface area contributed by atoms with Crippen molar-refractivity contribution < 1.29 is 9.53 Å². The van der Waals surface area contributed by atoms with E-state index in [1.807, 2.05) is 65.9 Å². The van der Waals surface area contributed by atoms with E-state index in [2.05, 4.69) is 46.3 Å². The number of carbonyl (C=O) groups is 1. The van der Waals surface area contributed by atoms with Crippen molar-refractivity contribution in [3.8, 4) is 11.4 Å². The third-order valence-electron chi connectivity index (χ3n) is 6.89. The molecule has 3 aromatic carbocycles. The molecule has 1 atom stereocenters. The maximum Gasteiger partial charge on any atom is 0.410 e. The van der Waals surface area contributed by atoms with Crippen molar-refractivity contribution in [1.29, 1.82) is 0 Å². The lowest BCUT2D eigenvalue weighted by Gasteiger charge is -2.39. The Balaban J connectivity index is 1.31. The van der Waals surface area contributed by atoms with Crippen LogP contribution < -0.4 is 4.90 Å². The molecule has 1 amide bonds. The van der Waals surface area contributed by atoms with Gasteiger partial charge in [-0.05, 0) is 31.5 Å². The van der Waals surface area contributed by atoms with Gasteiger partial charge in [-0.25, -0.2) is 14.2 Å². The maximum absolute atomic E-state index is 12.9. The summed E-state index contributed by atoms with van der Waals surface area (Å²) in [5.41, 5.74) is 4.78. The van der Waals surface area contributed by atoms with E-state index in [1.54, 1.807) is 4.90 Å². The third-order valence-corrected chi connectivity index (χ3v) is 6.89. The van der Waals surface area contributed by atoms with Crippen LogP contribution in [0.3, 0.4) is 0 Å². The first-order chi connectivity index (χ1) is 18.1. The molecule has 186 valence electrons. The number of carbonyl (C=O) groups excluding carboxylic acids is 1. The molecule has 0 saturated carbocycles. The monoisotopic (exact) mass is 492 g/mol. The summed E-state index contributed by atoms with van der Waals surface area (Å²) in [7, 11) is 0. The van der Waals surface area contributed by atoms with Crippen LogP contribution in [0.15, 0.2) is 78.9 Å². The Hall–Kier alpha value is -4.46. The fraction of sp³-hybridized carbons (Fsp3) is 0.241. The summed E-state index contributed by atoms with van der Waals surface area (Å²) in [4.78, 5) is 22.0. The van der Waals surface area contributed by atoms with Gasteiger partial charge >= 0.3 is 6.09 Å². The van der Waals surface area contributed by atoms with Gasteiger partial charge in [-0.15, -0.1) is 10.2 Å². The summed E-state index contributed by atoms with van der Waals surface area (Å²) >= 11 is 0. The van der Waals surface area contributed by atoms with E-state index in [1.165, 1.54) is 5.56 Å².